The van der Waals surface area contributed by atoms with Crippen molar-refractivity contribution in [1.82, 2.24) is 9.78 Å². The van der Waals surface area contributed by atoms with Crippen molar-refractivity contribution < 1.29 is 9.53 Å². The van der Waals surface area contributed by atoms with E-state index in [-0.39, 0.29) is 5.97 Å². The highest BCUT2D eigenvalue weighted by Gasteiger charge is 2.14. The number of halogens is 1. The number of aryl methyl sites for hydroxylation is 1. The van der Waals surface area contributed by atoms with Gasteiger partial charge in [0.1, 0.15) is 5.69 Å². The Kier molecular flexibility index (Phi) is 3.95. The normalized spacial score (nSPS) is 10.2. The van der Waals surface area contributed by atoms with E-state index in [9.17, 15) is 4.79 Å². The van der Waals surface area contributed by atoms with Crippen molar-refractivity contribution in [3.63, 3.8) is 0 Å². The van der Waals surface area contributed by atoms with Gasteiger partial charge in [0.2, 0.25) is 0 Å². The second kappa shape index (κ2) is 5.00. The molecule has 0 aliphatic carbocycles. The Morgan fingerprint density at radius 1 is 1.64 bits per heavy atom. The van der Waals surface area contributed by atoms with Crippen molar-refractivity contribution in [2.24, 2.45) is 0 Å². The van der Waals surface area contributed by atoms with E-state index in [2.05, 4.69) is 5.10 Å². The molecule has 0 aromatic carbocycles. The van der Waals surface area contributed by atoms with Crippen LogP contribution in [0.2, 0.25) is 5.15 Å². The van der Waals surface area contributed by atoms with Gasteiger partial charge in [-0.3, -0.25) is 4.68 Å². The Morgan fingerprint density at radius 2 is 2.36 bits per heavy atom. The molecule has 0 saturated carbocycles. The van der Waals surface area contributed by atoms with Gasteiger partial charge in [-0.15, -0.1) is 0 Å². The summed E-state index contributed by atoms with van der Waals surface area (Å²) in [5.74, 6) is -0.375. The molecule has 4 nitrogen and oxygen atoms in total. The van der Waals surface area contributed by atoms with Gasteiger partial charge in [-0.25, -0.2) is 4.79 Å². The fraction of sp³-hybridized carbons (Fsp3) is 0.556. The van der Waals surface area contributed by atoms with E-state index >= 15 is 0 Å². The molecular formula is C9H13ClN2O2. The van der Waals surface area contributed by atoms with Gasteiger partial charge >= 0.3 is 5.97 Å². The topological polar surface area (TPSA) is 44.1 Å². The van der Waals surface area contributed by atoms with E-state index in [4.69, 9.17) is 16.3 Å². The standard InChI is InChI=1S/C9H13ClN2O2/c1-3-5-12-7(6-8(10)11-12)9(13)14-4-2/h6H,3-5H2,1-2H3. The first-order valence-corrected chi connectivity index (χ1v) is 4.97. The highest BCUT2D eigenvalue weighted by molar-refractivity contribution is 6.29. The minimum atomic E-state index is -0.375. The van der Waals surface area contributed by atoms with Gasteiger partial charge in [0.25, 0.3) is 0 Å². The van der Waals surface area contributed by atoms with Crippen molar-refractivity contribution in [3.05, 3.63) is 16.9 Å². The third-order valence-electron chi connectivity index (χ3n) is 1.67. The molecule has 14 heavy (non-hydrogen) atoms. The second-order valence-electron chi connectivity index (χ2n) is 2.80. The lowest BCUT2D eigenvalue weighted by molar-refractivity contribution is 0.0511. The molecule has 0 unspecified atom stereocenters. The van der Waals surface area contributed by atoms with Crippen molar-refractivity contribution in [3.8, 4) is 0 Å². The van der Waals surface area contributed by atoms with Gasteiger partial charge < -0.3 is 4.74 Å². The van der Waals surface area contributed by atoms with E-state index in [1.807, 2.05) is 6.92 Å². The number of aromatic nitrogens is 2. The third kappa shape index (κ3) is 2.48. The zero-order valence-corrected chi connectivity index (χ0v) is 9.04. The number of nitrogens with zero attached hydrogens (tertiary/aromatic N) is 2. The van der Waals surface area contributed by atoms with E-state index in [1.54, 1.807) is 11.6 Å². The van der Waals surface area contributed by atoms with Crippen molar-refractivity contribution in [2.75, 3.05) is 6.61 Å². The quantitative estimate of drug-likeness (QED) is 0.725. The van der Waals surface area contributed by atoms with E-state index in [0.717, 1.165) is 6.42 Å². The molecule has 1 heterocycles. The summed E-state index contributed by atoms with van der Waals surface area (Å²) in [6.07, 6.45) is 0.893. The average Bonchev–Trinajstić information content (AvgIpc) is 2.48. The Morgan fingerprint density at radius 3 is 2.93 bits per heavy atom. The van der Waals surface area contributed by atoms with Crippen LogP contribution in [0.25, 0.3) is 0 Å². The third-order valence-corrected chi connectivity index (χ3v) is 1.85. The summed E-state index contributed by atoms with van der Waals surface area (Å²) in [5.41, 5.74) is 0.415. The highest BCUT2D eigenvalue weighted by atomic mass is 35.5. The molecule has 0 radical (unpaired) electrons. The molecule has 0 bridgehead atoms. The summed E-state index contributed by atoms with van der Waals surface area (Å²) in [7, 11) is 0. The average molecular weight is 217 g/mol. The molecule has 0 atom stereocenters. The summed E-state index contributed by atoms with van der Waals surface area (Å²) in [4.78, 5) is 11.4. The largest absolute Gasteiger partial charge is 0.461 e. The molecule has 0 N–H and O–H groups in total. The number of ether oxygens (including phenoxy) is 1. The van der Waals surface area contributed by atoms with Gasteiger partial charge in [-0.2, -0.15) is 5.10 Å². The van der Waals surface area contributed by atoms with Gasteiger partial charge in [-0.05, 0) is 13.3 Å². The smallest absolute Gasteiger partial charge is 0.356 e. The van der Waals surface area contributed by atoms with Crippen LogP contribution in [0.4, 0.5) is 0 Å². The first-order chi connectivity index (χ1) is 6.69. The van der Waals surface area contributed by atoms with E-state index in [0.29, 0.717) is 24.0 Å². The van der Waals surface area contributed by atoms with Crippen molar-refractivity contribution in [1.29, 1.82) is 0 Å². The number of hydrogen-bond donors (Lipinski definition) is 0. The van der Waals surface area contributed by atoms with Crippen LogP contribution >= 0.6 is 11.6 Å². The monoisotopic (exact) mass is 216 g/mol. The summed E-state index contributed by atoms with van der Waals surface area (Å²) in [6.45, 7) is 4.79. The Balaban J connectivity index is 2.88. The van der Waals surface area contributed by atoms with Gasteiger partial charge in [-0.1, -0.05) is 18.5 Å². The molecular weight excluding hydrogens is 204 g/mol. The van der Waals surface area contributed by atoms with Crippen LogP contribution in [0.3, 0.4) is 0 Å². The molecule has 1 aromatic heterocycles. The molecule has 0 amide bonds. The van der Waals surface area contributed by atoms with Gasteiger partial charge in [0, 0.05) is 12.6 Å². The summed E-state index contributed by atoms with van der Waals surface area (Å²) in [6, 6.07) is 1.52. The molecule has 0 fully saturated rings. The van der Waals surface area contributed by atoms with E-state index in [1.165, 1.54) is 6.07 Å². The zero-order valence-electron chi connectivity index (χ0n) is 8.29. The SMILES string of the molecule is CCCn1nc(Cl)cc1C(=O)OCC. The predicted molar refractivity (Wildman–Crippen MR) is 53.5 cm³/mol. The first-order valence-electron chi connectivity index (χ1n) is 4.59. The van der Waals surface area contributed by atoms with Gasteiger partial charge in [0.05, 0.1) is 6.61 Å². The molecule has 0 spiro atoms. The van der Waals surface area contributed by atoms with Crippen LogP contribution in [0, 0.1) is 0 Å². The maximum absolute atomic E-state index is 11.4. The van der Waals surface area contributed by atoms with Crippen LogP contribution in [-0.4, -0.2) is 22.4 Å². The van der Waals surface area contributed by atoms with Gasteiger partial charge in [0.15, 0.2) is 5.15 Å². The maximum atomic E-state index is 11.4. The summed E-state index contributed by atoms with van der Waals surface area (Å²) in [5, 5.41) is 4.31. The number of hydrogen-bond acceptors (Lipinski definition) is 3. The fourth-order valence-electron chi connectivity index (χ4n) is 1.14. The van der Waals surface area contributed by atoms with E-state index < -0.39 is 0 Å². The van der Waals surface area contributed by atoms with Crippen LogP contribution in [0.1, 0.15) is 30.8 Å². The zero-order chi connectivity index (χ0) is 10.6. The Bertz CT molecular complexity index is 323. The molecule has 0 saturated heterocycles. The summed E-state index contributed by atoms with van der Waals surface area (Å²) >= 11 is 5.71. The minimum Gasteiger partial charge on any atom is -0.461 e. The van der Waals surface area contributed by atoms with Crippen molar-refractivity contribution in [2.45, 2.75) is 26.8 Å². The number of carbonyl (C=O) groups is 1. The molecule has 1 aromatic rings. The molecule has 1 rings (SSSR count). The van der Waals surface area contributed by atoms with Crippen LogP contribution in [-0.2, 0) is 11.3 Å². The van der Waals surface area contributed by atoms with Crippen LogP contribution in [0.5, 0.6) is 0 Å². The lowest BCUT2D eigenvalue weighted by Gasteiger charge is -2.04. The molecule has 0 aliphatic rings. The number of rotatable bonds is 4. The molecule has 0 aliphatic heterocycles. The predicted octanol–water partition coefficient (Wildman–Crippen LogP) is 2.12. The van der Waals surface area contributed by atoms with Crippen LogP contribution in [0.15, 0.2) is 6.07 Å². The lowest BCUT2D eigenvalue weighted by Crippen LogP contribution is -2.13. The lowest BCUT2D eigenvalue weighted by atomic mass is 10.4. The number of carbonyl (C=O) groups excluding carboxylic acids is 1. The first kappa shape index (κ1) is 11.0. The molecule has 5 heteroatoms. The van der Waals surface area contributed by atoms with Crippen molar-refractivity contribution >= 4 is 17.6 Å². The summed E-state index contributed by atoms with van der Waals surface area (Å²) < 4.78 is 6.44. The fourth-order valence-corrected chi connectivity index (χ4v) is 1.33. The van der Waals surface area contributed by atoms with Crippen LogP contribution < -0.4 is 0 Å². The highest BCUT2D eigenvalue weighted by Crippen LogP contribution is 2.11. The Labute approximate surface area is 87.8 Å². The maximum Gasteiger partial charge on any atom is 0.356 e. The minimum absolute atomic E-state index is 0.321. The Hall–Kier alpha value is -1.03. The second-order valence-corrected chi connectivity index (χ2v) is 3.18. The molecule has 78 valence electrons. The number of esters is 1.